The van der Waals surface area contributed by atoms with E-state index in [0.717, 1.165) is 11.8 Å². The van der Waals surface area contributed by atoms with Gasteiger partial charge in [0.05, 0.1) is 0 Å². The number of fused-ring (bicyclic) bond motifs is 2. The van der Waals surface area contributed by atoms with Crippen LogP contribution >= 0.6 is 0 Å². The summed E-state index contributed by atoms with van der Waals surface area (Å²) in [5, 5.41) is 0. The van der Waals surface area contributed by atoms with Gasteiger partial charge < -0.3 is 9.47 Å². The van der Waals surface area contributed by atoms with Gasteiger partial charge in [-0.05, 0) is 49.7 Å². The molecule has 2 nitrogen and oxygen atoms in total. The topological polar surface area (TPSA) is 8.17 Å². The molecule has 100 valence electrons. The Morgan fingerprint density at radius 3 is 2.33 bits per heavy atom. The molecule has 3 rings (SSSR count). The van der Waals surface area contributed by atoms with Gasteiger partial charge in [-0.1, -0.05) is 20.8 Å². The molecule has 0 radical (unpaired) electrons. The summed E-state index contributed by atoms with van der Waals surface area (Å²) in [7, 11) is 2.16. The van der Waals surface area contributed by atoms with Gasteiger partial charge >= 0.3 is 0 Å². The Hall–Kier alpha value is -0.920. The number of anilines is 1. The van der Waals surface area contributed by atoms with Crippen LogP contribution in [-0.2, 0) is 7.05 Å². The van der Waals surface area contributed by atoms with Gasteiger partial charge in [0.1, 0.15) is 5.82 Å². The Labute approximate surface area is 111 Å². The van der Waals surface area contributed by atoms with Crippen molar-refractivity contribution in [3.63, 3.8) is 0 Å². The summed E-state index contributed by atoms with van der Waals surface area (Å²) in [5.74, 6) is 2.95. The summed E-state index contributed by atoms with van der Waals surface area (Å²) in [6.07, 6.45) is 3.49. The van der Waals surface area contributed by atoms with Crippen LogP contribution in [0.2, 0.25) is 0 Å². The van der Waals surface area contributed by atoms with Crippen molar-refractivity contribution < 1.29 is 0 Å². The highest BCUT2D eigenvalue weighted by atomic mass is 15.3. The lowest BCUT2D eigenvalue weighted by Gasteiger charge is -2.50. The summed E-state index contributed by atoms with van der Waals surface area (Å²) in [4.78, 5) is 2.69. The van der Waals surface area contributed by atoms with E-state index >= 15 is 0 Å². The molecule has 2 heterocycles. The van der Waals surface area contributed by atoms with E-state index in [4.69, 9.17) is 0 Å². The number of aromatic nitrogens is 1. The Balaban J connectivity index is 2.11. The van der Waals surface area contributed by atoms with Crippen molar-refractivity contribution in [1.29, 1.82) is 0 Å². The number of hydrogen-bond donors (Lipinski definition) is 0. The third kappa shape index (κ3) is 1.15. The number of aryl methyl sites for hydroxylation is 1. The molecule has 2 bridgehead atoms. The molecular weight excluding hydrogens is 220 g/mol. The molecule has 2 aliphatic rings. The molecule has 18 heavy (non-hydrogen) atoms. The summed E-state index contributed by atoms with van der Waals surface area (Å²) in [6, 6.07) is 5.05. The molecule has 1 aromatic heterocycles. The number of piperidine rings is 1. The van der Waals surface area contributed by atoms with Crippen LogP contribution in [0.5, 0.6) is 0 Å². The number of rotatable bonds is 1. The molecule has 0 spiro atoms. The maximum absolute atomic E-state index is 2.69. The van der Waals surface area contributed by atoms with Crippen LogP contribution in [0.1, 0.15) is 41.0 Å². The standard InChI is InChI=1S/C16H26N2/c1-11-12(2)16(5)10-15(11,4)13(3)18(16)14-8-7-9-17(14)6/h7-9,11-13H,10H2,1-6H3. The van der Waals surface area contributed by atoms with E-state index in [9.17, 15) is 0 Å². The minimum Gasteiger partial charge on any atom is -0.349 e. The third-order valence-corrected chi connectivity index (χ3v) is 6.57. The fourth-order valence-corrected chi connectivity index (χ4v) is 4.94. The van der Waals surface area contributed by atoms with Crippen LogP contribution in [-0.4, -0.2) is 16.1 Å². The van der Waals surface area contributed by atoms with E-state index in [1.165, 1.54) is 12.2 Å². The van der Waals surface area contributed by atoms with Crippen molar-refractivity contribution in [3.05, 3.63) is 18.3 Å². The van der Waals surface area contributed by atoms with E-state index in [-0.39, 0.29) is 0 Å². The summed E-state index contributed by atoms with van der Waals surface area (Å²) < 4.78 is 2.27. The fraction of sp³-hybridized carbons (Fsp3) is 0.750. The highest BCUT2D eigenvalue weighted by molar-refractivity contribution is 5.51. The van der Waals surface area contributed by atoms with Crippen molar-refractivity contribution in [2.75, 3.05) is 4.90 Å². The average Bonchev–Trinajstić information content (AvgIpc) is 2.85. The molecule has 2 heteroatoms. The SMILES string of the molecule is CC1C(C)C2(C)CC1(C)C(C)N2c1cccn1C. The highest BCUT2D eigenvalue weighted by Crippen LogP contribution is 2.64. The molecule has 0 N–H and O–H groups in total. The van der Waals surface area contributed by atoms with E-state index in [1.54, 1.807) is 0 Å². The van der Waals surface area contributed by atoms with E-state index in [2.05, 4.69) is 69.5 Å². The van der Waals surface area contributed by atoms with Crippen LogP contribution in [0.15, 0.2) is 18.3 Å². The lowest BCUT2D eigenvalue weighted by atomic mass is 9.71. The molecule has 1 saturated carbocycles. The van der Waals surface area contributed by atoms with Gasteiger partial charge in [-0.25, -0.2) is 0 Å². The molecule has 0 aromatic carbocycles. The first kappa shape index (κ1) is 12.1. The monoisotopic (exact) mass is 246 g/mol. The lowest BCUT2D eigenvalue weighted by molar-refractivity contribution is 0.147. The summed E-state index contributed by atoms with van der Waals surface area (Å²) in [5.41, 5.74) is 0.776. The van der Waals surface area contributed by atoms with E-state index in [0.29, 0.717) is 17.0 Å². The van der Waals surface area contributed by atoms with Gasteiger partial charge in [-0.15, -0.1) is 0 Å². The Kier molecular flexibility index (Phi) is 2.25. The largest absolute Gasteiger partial charge is 0.349 e. The molecule has 1 saturated heterocycles. The maximum Gasteiger partial charge on any atom is 0.108 e. The van der Waals surface area contributed by atoms with Gasteiger partial charge in [0.2, 0.25) is 0 Å². The first-order valence-corrected chi connectivity index (χ1v) is 7.23. The van der Waals surface area contributed by atoms with Gasteiger partial charge in [-0.2, -0.15) is 0 Å². The average molecular weight is 246 g/mol. The predicted molar refractivity (Wildman–Crippen MR) is 76.8 cm³/mol. The van der Waals surface area contributed by atoms with Crippen molar-refractivity contribution in [2.45, 2.75) is 52.6 Å². The van der Waals surface area contributed by atoms with Gasteiger partial charge in [-0.3, -0.25) is 0 Å². The van der Waals surface area contributed by atoms with Gasteiger partial charge in [0.25, 0.3) is 0 Å². The fourth-order valence-electron chi connectivity index (χ4n) is 4.94. The van der Waals surface area contributed by atoms with E-state index in [1.807, 2.05) is 0 Å². The van der Waals surface area contributed by atoms with Crippen LogP contribution < -0.4 is 4.90 Å². The first-order valence-electron chi connectivity index (χ1n) is 7.23. The van der Waals surface area contributed by atoms with Gasteiger partial charge in [0.15, 0.2) is 0 Å². The van der Waals surface area contributed by atoms with Crippen LogP contribution in [0.25, 0.3) is 0 Å². The Morgan fingerprint density at radius 2 is 1.83 bits per heavy atom. The zero-order valence-electron chi connectivity index (χ0n) is 12.6. The first-order chi connectivity index (χ1) is 8.32. The predicted octanol–water partition coefficient (Wildman–Crippen LogP) is 3.67. The summed E-state index contributed by atoms with van der Waals surface area (Å²) >= 11 is 0. The normalized spacial score (nSPS) is 47.0. The number of hydrogen-bond acceptors (Lipinski definition) is 1. The quantitative estimate of drug-likeness (QED) is 0.734. The Bertz CT molecular complexity index is 477. The zero-order valence-corrected chi connectivity index (χ0v) is 12.6. The smallest absolute Gasteiger partial charge is 0.108 e. The van der Waals surface area contributed by atoms with Gasteiger partial charge in [0, 0.05) is 24.8 Å². The maximum atomic E-state index is 2.69. The number of nitrogens with zero attached hydrogens (tertiary/aromatic N) is 2. The highest BCUT2D eigenvalue weighted by Gasteiger charge is 2.65. The second-order valence-corrected chi connectivity index (χ2v) is 7.14. The minimum atomic E-state index is 0.319. The molecule has 1 aliphatic carbocycles. The Morgan fingerprint density at radius 1 is 1.17 bits per heavy atom. The second kappa shape index (κ2) is 3.34. The third-order valence-electron chi connectivity index (χ3n) is 6.57. The van der Waals surface area contributed by atoms with Crippen LogP contribution in [0.4, 0.5) is 5.82 Å². The molecule has 0 amide bonds. The molecule has 1 aromatic rings. The lowest BCUT2D eigenvalue weighted by Crippen LogP contribution is -2.56. The molecule has 5 atom stereocenters. The van der Waals surface area contributed by atoms with Crippen LogP contribution in [0, 0.1) is 17.3 Å². The molecule has 5 unspecified atom stereocenters. The minimum absolute atomic E-state index is 0.319. The zero-order chi connectivity index (χ0) is 13.3. The molecule has 1 aliphatic heterocycles. The molecule has 2 fully saturated rings. The van der Waals surface area contributed by atoms with Crippen LogP contribution in [0.3, 0.4) is 0 Å². The van der Waals surface area contributed by atoms with E-state index < -0.39 is 0 Å². The van der Waals surface area contributed by atoms with Crippen molar-refractivity contribution >= 4 is 5.82 Å². The molecular formula is C16H26N2. The summed E-state index contributed by atoms with van der Waals surface area (Å²) in [6.45, 7) is 12.3. The van der Waals surface area contributed by atoms with Crippen molar-refractivity contribution in [1.82, 2.24) is 4.57 Å². The van der Waals surface area contributed by atoms with Crippen molar-refractivity contribution in [2.24, 2.45) is 24.3 Å². The van der Waals surface area contributed by atoms with Crippen molar-refractivity contribution in [3.8, 4) is 0 Å². The second-order valence-electron chi connectivity index (χ2n) is 7.14.